The van der Waals surface area contributed by atoms with Crippen LogP contribution in [0.5, 0.6) is 0 Å². The van der Waals surface area contributed by atoms with Crippen LogP contribution in [0.4, 0.5) is 14.9 Å². The molecule has 2 aliphatic heterocycles. The van der Waals surface area contributed by atoms with Crippen molar-refractivity contribution in [2.24, 2.45) is 0 Å². The normalized spacial score (nSPS) is 17.6. The number of ether oxygens (including phenoxy) is 1. The Morgan fingerprint density at radius 1 is 1.12 bits per heavy atom. The maximum atomic E-state index is 13.6. The Kier molecular flexibility index (Phi) is 5.63. The molecule has 0 unspecified atom stereocenters. The number of amides is 1. The van der Waals surface area contributed by atoms with Crippen molar-refractivity contribution in [3.63, 3.8) is 0 Å². The quantitative estimate of drug-likeness (QED) is 0.552. The number of hydrogen-bond donors (Lipinski definition) is 0. The van der Waals surface area contributed by atoms with Gasteiger partial charge in [-0.1, -0.05) is 23.8 Å². The number of carbonyl (C=O) groups is 1. The van der Waals surface area contributed by atoms with E-state index in [0.717, 1.165) is 17.3 Å². The zero-order chi connectivity index (χ0) is 23.2. The zero-order valence-corrected chi connectivity index (χ0v) is 19.4. The van der Waals surface area contributed by atoms with Gasteiger partial charge in [0.05, 0.1) is 17.4 Å². The highest BCUT2D eigenvalue weighted by Crippen LogP contribution is 2.34. The summed E-state index contributed by atoms with van der Waals surface area (Å²) in [7, 11) is -3.86. The smallest absolute Gasteiger partial charge is 0.414 e. The van der Waals surface area contributed by atoms with Crippen LogP contribution >= 0.6 is 11.7 Å². The van der Waals surface area contributed by atoms with Crippen molar-refractivity contribution in [2.45, 2.75) is 37.4 Å². The van der Waals surface area contributed by atoms with E-state index in [1.54, 1.807) is 6.07 Å². The first kappa shape index (κ1) is 21.9. The molecule has 1 fully saturated rings. The molecule has 0 spiro atoms. The highest BCUT2D eigenvalue weighted by Gasteiger charge is 2.38. The number of sulfonamides is 1. The molecule has 33 heavy (non-hydrogen) atoms. The van der Waals surface area contributed by atoms with E-state index in [0.29, 0.717) is 35.3 Å². The molecule has 0 atom stereocenters. The van der Waals surface area contributed by atoms with Gasteiger partial charge >= 0.3 is 6.09 Å². The Balaban J connectivity index is 1.36. The molecular formula is C22H21FN4O4S2. The van der Waals surface area contributed by atoms with Crippen molar-refractivity contribution >= 4 is 33.5 Å². The summed E-state index contributed by atoms with van der Waals surface area (Å²) in [6.07, 6.45) is 0.339. The summed E-state index contributed by atoms with van der Waals surface area (Å²) in [6, 6.07) is 11.5. The highest BCUT2D eigenvalue weighted by atomic mass is 32.2. The van der Waals surface area contributed by atoms with Crippen LogP contribution in [0.1, 0.15) is 24.0 Å². The van der Waals surface area contributed by atoms with Gasteiger partial charge in [-0.15, -0.1) is 0 Å². The van der Waals surface area contributed by atoms with E-state index in [4.69, 9.17) is 4.74 Å². The molecule has 11 heteroatoms. The molecule has 5 rings (SSSR count). The third-order valence-corrected chi connectivity index (χ3v) is 8.43. The average Bonchev–Trinajstić information content (AvgIpc) is 3.30. The van der Waals surface area contributed by atoms with Crippen molar-refractivity contribution in [3.05, 3.63) is 59.4 Å². The molecular weight excluding hydrogens is 467 g/mol. The first-order valence-corrected chi connectivity index (χ1v) is 12.7. The third-order valence-electron chi connectivity index (χ3n) is 5.97. The van der Waals surface area contributed by atoms with Crippen molar-refractivity contribution in [3.8, 4) is 11.3 Å². The topological polar surface area (TPSA) is 92.7 Å². The van der Waals surface area contributed by atoms with Crippen LogP contribution in [0.25, 0.3) is 11.3 Å². The molecule has 2 aliphatic rings. The Labute approximate surface area is 195 Å². The maximum absolute atomic E-state index is 13.6. The number of aromatic nitrogens is 2. The second-order valence-corrected chi connectivity index (χ2v) is 10.5. The lowest BCUT2D eigenvalue weighted by Crippen LogP contribution is -2.50. The van der Waals surface area contributed by atoms with Gasteiger partial charge in [0.15, 0.2) is 0 Å². The van der Waals surface area contributed by atoms with E-state index < -0.39 is 21.9 Å². The van der Waals surface area contributed by atoms with E-state index in [2.05, 4.69) is 8.75 Å². The third kappa shape index (κ3) is 4.00. The second kappa shape index (κ2) is 8.47. The number of nitrogens with zero attached hydrogens (tertiary/aromatic N) is 4. The average molecular weight is 489 g/mol. The largest absolute Gasteiger partial charge is 0.444 e. The minimum Gasteiger partial charge on any atom is -0.444 e. The molecule has 172 valence electrons. The van der Waals surface area contributed by atoms with Crippen LogP contribution < -0.4 is 4.90 Å². The van der Waals surface area contributed by atoms with E-state index in [-0.39, 0.29) is 30.8 Å². The molecule has 0 N–H and O–H groups in total. The van der Waals surface area contributed by atoms with Crippen molar-refractivity contribution in [1.82, 2.24) is 13.1 Å². The number of halogens is 1. The van der Waals surface area contributed by atoms with Crippen LogP contribution in [0.3, 0.4) is 0 Å². The zero-order valence-electron chi connectivity index (χ0n) is 17.8. The highest BCUT2D eigenvalue weighted by molar-refractivity contribution is 7.89. The van der Waals surface area contributed by atoms with Crippen LogP contribution in [0.15, 0.2) is 47.5 Å². The van der Waals surface area contributed by atoms with Gasteiger partial charge in [-0.2, -0.15) is 13.1 Å². The predicted molar refractivity (Wildman–Crippen MR) is 121 cm³/mol. The molecule has 1 aromatic heterocycles. The Hall–Kier alpha value is -2.89. The Bertz CT molecular complexity index is 1320. The van der Waals surface area contributed by atoms with Crippen molar-refractivity contribution in [2.75, 3.05) is 18.0 Å². The summed E-state index contributed by atoms with van der Waals surface area (Å²) < 4.78 is 55.4. The summed E-state index contributed by atoms with van der Waals surface area (Å²) in [5, 5.41) is -0.0465. The molecule has 0 bridgehead atoms. The summed E-state index contributed by atoms with van der Waals surface area (Å²) in [5.74, 6) is -0.395. The minimum absolute atomic E-state index is 0.0220. The lowest BCUT2D eigenvalue weighted by Gasteiger charge is -2.39. The van der Waals surface area contributed by atoms with E-state index >= 15 is 0 Å². The van der Waals surface area contributed by atoms with E-state index in [9.17, 15) is 17.6 Å². The molecule has 3 aromatic rings. The first-order valence-electron chi connectivity index (χ1n) is 10.5. The van der Waals surface area contributed by atoms with Gasteiger partial charge in [0.25, 0.3) is 10.0 Å². The Morgan fingerprint density at radius 3 is 2.67 bits per heavy atom. The fourth-order valence-electron chi connectivity index (χ4n) is 4.34. The number of cyclic esters (lactones) is 1. The summed E-state index contributed by atoms with van der Waals surface area (Å²) in [5.41, 5.74) is 3.26. The molecule has 8 nitrogen and oxygen atoms in total. The van der Waals surface area contributed by atoms with Gasteiger partial charge < -0.3 is 4.74 Å². The number of anilines is 1. The lowest BCUT2D eigenvalue weighted by atomic mass is 10.0. The van der Waals surface area contributed by atoms with Gasteiger partial charge in [-0.05, 0) is 44.0 Å². The van der Waals surface area contributed by atoms with Crippen LogP contribution in [0, 0.1) is 12.7 Å². The SMILES string of the molecule is Cc1cccc(-c2nsnc2S(=O)(=O)N2CCC(N3C(=O)OCc4cc(F)ccc43)CC2)c1. The number of hydrogen-bond acceptors (Lipinski definition) is 7. The number of aryl methyl sites for hydroxylation is 1. The van der Waals surface area contributed by atoms with Crippen molar-refractivity contribution < 1.29 is 22.3 Å². The minimum atomic E-state index is -3.86. The number of benzene rings is 2. The number of carbonyl (C=O) groups excluding carboxylic acids is 1. The standard InChI is InChI=1S/C22H21FN4O4S2/c1-14-3-2-4-15(11-14)20-21(25-32-24-20)33(29,30)26-9-7-18(8-10-26)27-19-6-5-17(23)12-16(19)13-31-22(27)28/h2-6,11-12,18H,7-10,13H2,1H3. The monoisotopic (exact) mass is 488 g/mol. The molecule has 2 aromatic carbocycles. The van der Waals surface area contributed by atoms with E-state index in [1.165, 1.54) is 21.3 Å². The molecule has 0 saturated carbocycles. The maximum Gasteiger partial charge on any atom is 0.414 e. The van der Waals surface area contributed by atoms with E-state index in [1.807, 2.05) is 31.2 Å². The molecule has 1 saturated heterocycles. The second-order valence-electron chi connectivity index (χ2n) is 8.12. The Morgan fingerprint density at radius 2 is 1.91 bits per heavy atom. The van der Waals surface area contributed by atoms with Crippen LogP contribution in [0.2, 0.25) is 0 Å². The van der Waals surface area contributed by atoms with Crippen LogP contribution in [-0.4, -0.2) is 46.7 Å². The number of fused-ring (bicyclic) bond motifs is 1. The lowest BCUT2D eigenvalue weighted by molar-refractivity contribution is 0.135. The van der Waals surface area contributed by atoms with Gasteiger partial charge in [0, 0.05) is 30.3 Å². The summed E-state index contributed by atoms with van der Waals surface area (Å²) in [6.45, 7) is 2.39. The van der Waals surface area contributed by atoms with Gasteiger partial charge in [0.2, 0.25) is 5.03 Å². The number of rotatable bonds is 4. The molecule has 1 amide bonds. The summed E-state index contributed by atoms with van der Waals surface area (Å²) in [4.78, 5) is 14.0. The number of piperidine rings is 1. The fraction of sp³-hybridized carbons (Fsp3) is 0.318. The van der Waals surface area contributed by atoms with Crippen molar-refractivity contribution in [1.29, 1.82) is 0 Å². The molecule has 0 aliphatic carbocycles. The first-order chi connectivity index (χ1) is 15.8. The van der Waals surface area contributed by atoms with Gasteiger partial charge in [-0.25, -0.2) is 17.6 Å². The van der Waals surface area contributed by atoms with Crippen LogP contribution in [-0.2, 0) is 21.4 Å². The van der Waals surface area contributed by atoms with Gasteiger partial charge in [0.1, 0.15) is 18.1 Å². The molecule has 3 heterocycles. The molecule has 0 radical (unpaired) electrons. The summed E-state index contributed by atoms with van der Waals surface area (Å²) >= 11 is 0.869. The van der Waals surface area contributed by atoms with Gasteiger partial charge in [-0.3, -0.25) is 4.90 Å². The predicted octanol–water partition coefficient (Wildman–Crippen LogP) is 3.96. The fourth-order valence-corrected chi connectivity index (χ4v) is 6.69.